The lowest BCUT2D eigenvalue weighted by atomic mass is 9.99. The number of methoxy groups -OCH3 is 1. The third-order valence-electron chi connectivity index (χ3n) is 2.94. The van der Waals surface area contributed by atoms with Crippen LogP contribution in [0.2, 0.25) is 0 Å². The second-order valence-electron chi connectivity index (χ2n) is 4.45. The van der Waals surface area contributed by atoms with Crippen LogP contribution in [0.3, 0.4) is 0 Å². The van der Waals surface area contributed by atoms with E-state index in [-0.39, 0.29) is 17.2 Å². The molecule has 4 N–H and O–H groups in total. The van der Waals surface area contributed by atoms with E-state index >= 15 is 0 Å². The molecule has 0 aliphatic rings. The fourth-order valence-corrected chi connectivity index (χ4v) is 1.38. The highest BCUT2D eigenvalue weighted by Gasteiger charge is 2.26. The van der Waals surface area contributed by atoms with Crippen molar-refractivity contribution in [1.82, 2.24) is 0 Å². The van der Waals surface area contributed by atoms with Gasteiger partial charge >= 0.3 is 5.97 Å². The van der Waals surface area contributed by atoms with Crippen LogP contribution in [0, 0.1) is 0 Å². The number of carboxylic acid groups (broad SMARTS) is 1. The van der Waals surface area contributed by atoms with Crippen molar-refractivity contribution >= 4 is 17.6 Å². The Kier molecular flexibility index (Phi) is 4.50. The molecule has 1 aromatic carbocycles. The maximum absolute atomic E-state index is 11.9. The molecule has 1 amide bonds. The summed E-state index contributed by atoms with van der Waals surface area (Å²) in [7, 11) is 1.37. The minimum atomic E-state index is -1.09. The number of carbonyl (C=O) groups excluding carboxylic acids is 1. The standard InChI is InChI=1S/C13H18N2O4/c1-4-13(2,14)12(18)15-8-5-6-9(11(16)17)10(7-8)19-3/h5-7H,4,14H2,1-3H3,(H,15,18)(H,16,17). The van der Waals surface area contributed by atoms with E-state index < -0.39 is 11.5 Å². The van der Waals surface area contributed by atoms with Gasteiger partial charge in [-0.15, -0.1) is 0 Å². The van der Waals surface area contributed by atoms with Gasteiger partial charge in [0.2, 0.25) is 5.91 Å². The molecular formula is C13H18N2O4. The topological polar surface area (TPSA) is 102 Å². The summed E-state index contributed by atoms with van der Waals surface area (Å²) in [6, 6.07) is 4.32. The Morgan fingerprint density at radius 2 is 2.11 bits per heavy atom. The van der Waals surface area contributed by atoms with Gasteiger partial charge in [0.05, 0.1) is 12.6 Å². The summed E-state index contributed by atoms with van der Waals surface area (Å²) in [6.45, 7) is 3.44. The minimum Gasteiger partial charge on any atom is -0.496 e. The van der Waals surface area contributed by atoms with Gasteiger partial charge in [0.15, 0.2) is 0 Å². The number of nitrogens with two attached hydrogens (primary N) is 1. The van der Waals surface area contributed by atoms with Crippen molar-refractivity contribution in [1.29, 1.82) is 0 Å². The molecule has 1 rings (SSSR count). The highest BCUT2D eigenvalue weighted by Crippen LogP contribution is 2.23. The van der Waals surface area contributed by atoms with Crippen LogP contribution in [0.25, 0.3) is 0 Å². The number of hydrogen-bond donors (Lipinski definition) is 3. The molecule has 0 bridgehead atoms. The molecule has 0 saturated heterocycles. The Morgan fingerprint density at radius 1 is 1.47 bits per heavy atom. The van der Waals surface area contributed by atoms with E-state index in [0.29, 0.717) is 12.1 Å². The van der Waals surface area contributed by atoms with Crippen LogP contribution < -0.4 is 15.8 Å². The Bertz CT molecular complexity index is 497. The molecule has 6 heteroatoms. The predicted octanol–water partition coefficient (Wildman–Crippen LogP) is 1.46. The van der Waals surface area contributed by atoms with Crippen molar-refractivity contribution in [3.63, 3.8) is 0 Å². The Labute approximate surface area is 111 Å². The molecule has 1 atom stereocenters. The van der Waals surface area contributed by atoms with E-state index in [1.165, 1.54) is 25.3 Å². The molecule has 1 aromatic rings. The first-order valence-corrected chi connectivity index (χ1v) is 5.83. The van der Waals surface area contributed by atoms with Gasteiger partial charge in [-0.2, -0.15) is 0 Å². The van der Waals surface area contributed by atoms with Crippen LogP contribution in [0.5, 0.6) is 5.75 Å². The number of carboxylic acids is 1. The smallest absolute Gasteiger partial charge is 0.339 e. The first-order chi connectivity index (χ1) is 8.81. The zero-order chi connectivity index (χ0) is 14.6. The highest BCUT2D eigenvalue weighted by atomic mass is 16.5. The molecule has 0 saturated carbocycles. The van der Waals surface area contributed by atoms with E-state index in [1.807, 2.05) is 6.92 Å². The summed E-state index contributed by atoms with van der Waals surface area (Å²) in [5.74, 6) is -1.24. The lowest BCUT2D eigenvalue weighted by Gasteiger charge is -2.21. The first-order valence-electron chi connectivity index (χ1n) is 5.83. The van der Waals surface area contributed by atoms with Gasteiger partial charge in [-0.1, -0.05) is 6.92 Å². The minimum absolute atomic E-state index is 0.0338. The maximum atomic E-state index is 11.9. The quantitative estimate of drug-likeness (QED) is 0.748. The van der Waals surface area contributed by atoms with Crippen molar-refractivity contribution in [2.24, 2.45) is 5.73 Å². The molecule has 0 aliphatic carbocycles. The number of carbonyl (C=O) groups is 2. The summed E-state index contributed by atoms with van der Waals surface area (Å²) in [4.78, 5) is 22.8. The number of benzene rings is 1. The van der Waals surface area contributed by atoms with Gasteiger partial charge in [-0.3, -0.25) is 4.79 Å². The number of amides is 1. The molecule has 0 spiro atoms. The number of ether oxygens (including phenoxy) is 1. The Balaban J connectivity index is 2.98. The largest absolute Gasteiger partial charge is 0.496 e. The molecule has 0 fully saturated rings. The fraction of sp³-hybridized carbons (Fsp3) is 0.385. The average molecular weight is 266 g/mol. The van der Waals surface area contributed by atoms with Gasteiger partial charge < -0.3 is 20.9 Å². The van der Waals surface area contributed by atoms with E-state index in [4.69, 9.17) is 15.6 Å². The van der Waals surface area contributed by atoms with Gasteiger partial charge in [-0.25, -0.2) is 4.79 Å². The third kappa shape index (κ3) is 3.45. The zero-order valence-corrected chi connectivity index (χ0v) is 11.2. The summed E-state index contributed by atoms with van der Waals surface area (Å²) >= 11 is 0. The number of rotatable bonds is 5. The SMILES string of the molecule is CCC(C)(N)C(=O)Nc1ccc(C(=O)O)c(OC)c1. The summed E-state index contributed by atoms with van der Waals surface area (Å²) in [6.07, 6.45) is 0.489. The molecule has 0 heterocycles. The maximum Gasteiger partial charge on any atom is 0.339 e. The normalized spacial score (nSPS) is 13.5. The van der Waals surface area contributed by atoms with Crippen LogP contribution in [-0.2, 0) is 4.79 Å². The van der Waals surface area contributed by atoms with Gasteiger partial charge in [0, 0.05) is 11.8 Å². The van der Waals surface area contributed by atoms with Crippen LogP contribution >= 0.6 is 0 Å². The highest BCUT2D eigenvalue weighted by molar-refractivity contribution is 5.98. The molecular weight excluding hydrogens is 248 g/mol. The molecule has 19 heavy (non-hydrogen) atoms. The number of hydrogen-bond acceptors (Lipinski definition) is 4. The van der Waals surface area contributed by atoms with Crippen LogP contribution in [-0.4, -0.2) is 29.6 Å². The third-order valence-corrected chi connectivity index (χ3v) is 2.94. The molecule has 1 unspecified atom stereocenters. The summed E-state index contributed by atoms with van der Waals surface area (Å²) < 4.78 is 4.98. The molecule has 6 nitrogen and oxygen atoms in total. The van der Waals surface area contributed by atoms with Crippen LogP contribution in [0.4, 0.5) is 5.69 Å². The van der Waals surface area contributed by atoms with Gasteiger partial charge in [-0.05, 0) is 25.5 Å². The Hall–Kier alpha value is -2.08. The molecule has 0 aliphatic heterocycles. The van der Waals surface area contributed by atoms with Crippen molar-refractivity contribution in [3.05, 3.63) is 23.8 Å². The average Bonchev–Trinajstić information content (AvgIpc) is 2.38. The lowest BCUT2D eigenvalue weighted by molar-refractivity contribution is -0.120. The number of anilines is 1. The fourth-order valence-electron chi connectivity index (χ4n) is 1.38. The summed E-state index contributed by atoms with van der Waals surface area (Å²) in [5.41, 5.74) is 5.32. The zero-order valence-electron chi connectivity index (χ0n) is 11.2. The van der Waals surface area contributed by atoms with Crippen molar-refractivity contribution in [2.45, 2.75) is 25.8 Å². The lowest BCUT2D eigenvalue weighted by Crippen LogP contribution is -2.47. The number of aromatic carboxylic acids is 1. The predicted molar refractivity (Wildman–Crippen MR) is 71.5 cm³/mol. The van der Waals surface area contributed by atoms with Crippen LogP contribution in [0.1, 0.15) is 30.6 Å². The second kappa shape index (κ2) is 5.71. The van der Waals surface area contributed by atoms with Crippen molar-refractivity contribution in [2.75, 3.05) is 12.4 Å². The van der Waals surface area contributed by atoms with Crippen molar-refractivity contribution < 1.29 is 19.4 Å². The monoisotopic (exact) mass is 266 g/mol. The van der Waals surface area contributed by atoms with Crippen LogP contribution in [0.15, 0.2) is 18.2 Å². The van der Waals surface area contributed by atoms with E-state index in [1.54, 1.807) is 6.92 Å². The molecule has 0 radical (unpaired) electrons. The van der Waals surface area contributed by atoms with Gasteiger partial charge in [0.1, 0.15) is 11.3 Å². The van der Waals surface area contributed by atoms with E-state index in [0.717, 1.165) is 0 Å². The molecule has 0 aromatic heterocycles. The van der Waals surface area contributed by atoms with Gasteiger partial charge in [0.25, 0.3) is 0 Å². The Morgan fingerprint density at radius 3 is 2.58 bits per heavy atom. The molecule has 104 valence electrons. The van der Waals surface area contributed by atoms with E-state index in [2.05, 4.69) is 5.32 Å². The summed E-state index contributed by atoms with van der Waals surface area (Å²) in [5, 5.41) is 11.6. The number of nitrogens with one attached hydrogen (secondary N) is 1. The van der Waals surface area contributed by atoms with Crippen molar-refractivity contribution in [3.8, 4) is 5.75 Å². The van der Waals surface area contributed by atoms with E-state index in [9.17, 15) is 9.59 Å². The second-order valence-corrected chi connectivity index (χ2v) is 4.45. The first kappa shape index (κ1) is 15.0.